The van der Waals surface area contributed by atoms with Crippen LogP contribution in [0, 0.1) is 0 Å². The van der Waals surface area contributed by atoms with Gasteiger partial charge >= 0.3 is 0 Å². The summed E-state index contributed by atoms with van der Waals surface area (Å²) in [6.07, 6.45) is 4.07. The number of hydrogen-bond donors (Lipinski definition) is 1. The standard InChI is InChI=1S/C10H22O2Si/c1-12-10(13(2,3)4)8-6-5-7-9(10)11/h9,11H,5-8H2,1-4H3/t9?,10-/m1/s1. The molecule has 1 unspecified atom stereocenters. The van der Waals surface area contributed by atoms with Gasteiger partial charge in [-0.15, -0.1) is 0 Å². The van der Waals surface area contributed by atoms with Crippen LogP contribution in [0.15, 0.2) is 0 Å². The summed E-state index contributed by atoms with van der Waals surface area (Å²) in [6.45, 7) is 6.85. The van der Waals surface area contributed by atoms with Gasteiger partial charge < -0.3 is 9.84 Å². The molecule has 2 atom stereocenters. The zero-order chi connectivity index (χ0) is 10.1. The van der Waals surface area contributed by atoms with Crippen LogP contribution in [-0.4, -0.2) is 31.6 Å². The maximum Gasteiger partial charge on any atom is 0.0858 e. The van der Waals surface area contributed by atoms with E-state index in [-0.39, 0.29) is 11.3 Å². The molecular formula is C10H22O2Si. The van der Waals surface area contributed by atoms with Gasteiger partial charge in [0.15, 0.2) is 0 Å². The topological polar surface area (TPSA) is 29.5 Å². The summed E-state index contributed by atoms with van der Waals surface area (Å²) in [5.74, 6) is 0. The molecule has 0 aromatic rings. The SMILES string of the molecule is CO[C@@]1([Si](C)(C)C)CCCCC1O. The van der Waals surface area contributed by atoms with Crippen molar-refractivity contribution in [3.05, 3.63) is 0 Å². The van der Waals surface area contributed by atoms with Gasteiger partial charge in [-0.05, 0) is 12.8 Å². The van der Waals surface area contributed by atoms with Crippen molar-refractivity contribution in [2.24, 2.45) is 0 Å². The van der Waals surface area contributed by atoms with E-state index in [1.54, 1.807) is 7.11 Å². The van der Waals surface area contributed by atoms with Gasteiger partial charge in [0.25, 0.3) is 0 Å². The minimum Gasteiger partial charge on any atom is -0.390 e. The van der Waals surface area contributed by atoms with Crippen molar-refractivity contribution in [2.75, 3.05) is 7.11 Å². The average Bonchev–Trinajstić information content (AvgIpc) is 2.03. The lowest BCUT2D eigenvalue weighted by molar-refractivity contribution is -0.0753. The maximum absolute atomic E-state index is 10.1. The van der Waals surface area contributed by atoms with E-state index in [1.807, 2.05) is 0 Å². The first-order valence-corrected chi connectivity index (χ1v) is 8.67. The molecule has 78 valence electrons. The van der Waals surface area contributed by atoms with Crippen LogP contribution in [0.5, 0.6) is 0 Å². The Morgan fingerprint density at radius 3 is 2.23 bits per heavy atom. The van der Waals surface area contributed by atoms with Gasteiger partial charge in [-0.25, -0.2) is 0 Å². The molecule has 0 radical (unpaired) electrons. The third-order valence-corrected chi connectivity index (χ3v) is 6.77. The van der Waals surface area contributed by atoms with E-state index >= 15 is 0 Å². The molecule has 0 heterocycles. The highest BCUT2D eigenvalue weighted by Gasteiger charge is 2.50. The highest BCUT2D eigenvalue weighted by Crippen LogP contribution is 2.38. The van der Waals surface area contributed by atoms with E-state index in [0.717, 1.165) is 19.3 Å². The molecule has 2 nitrogen and oxygen atoms in total. The Morgan fingerprint density at radius 1 is 1.31 bits per heavy atom. The Kier molecular flexibility index (Phi) is 3.20. The van der Waals surface area contributed by atoms with Gasteiger partial charge in [0.2, 0.25) is 0 Å². The number of ether oxygens (including phenoxy) is 1. The molecule has 1 aliphatic carbocycles. The fourth-order valence-corrected chi connectivity index (χ4v) is 5.23. The third-order valence-electron chi connectivity index (χ3n) is 3.45. The monoisotopic (exact) mass is 202 g/mol. The van der Waals surface area contributed by atoms with E-state index in [1.165, 1.54) is 6.42 Å². The number of aliphatic hydroxyl groups excluding tert-OH is 1. The molecule has 1 saturated carbocycles. The fourth-order valence-electron chi connectivity index (χ4n) is 2.54. The first-order valence-electron chi connectivity index (χ1n) is 5.17. The van der Waals surface area contributed by atoms with Gasteiger partial charge in [0.05, 0.1) is 19.4 Å². The summed E-state index contributed by atoms with van der Waals surface area (Å²) in [5.41, 5.74) is 0. The summed E-state index contributed by atoms with van der Waals surface area (Å²) in [4.78, 5) is 0. The molecule has 0 aromatic heterocycles. The second-order valence-corrected chi connectivity index (χ2v) is 10.5. The molecule has 0 spiro atoms. The van der Waals surface area contributed by atoms with E-state index in [9.17, 15) is 5.11 Å². The van der Waals surface area contributed by atoms with Crippen molar-refractivity contribution < 1.29 is 9.84 Å². The average molecular weight is 202 g/mol. The van der Waals surface area contributed by atoms with Gasteiger partial charge in [-0.1, -0.05) is 32.5 Å². The molecule has 1 fully saturated rings. The molecular weight excluding hydrogens is 180 g/mol. The molecule has 0 bridgehead atoms. The summed E-state index contributed by atoms with van der Waals surface area (Å²) >= 11 is 0. The van der Waals surface area contributed by atoms with E-state index < -0.39 is 8.07 Å². The minimum atomic E-state index is -1.44. The minimum absolute atomic E-state index is 0.189. The second-order valence-electron chi connectivity index (χ2n) is 5.11. The van der Waals surface area contributed by atoms with Crippen molar-refractivity contribution in [2.45, 2.75) is 56.7 Å². The maximum atomic E-state index is 10.1. The van der Waals surface area contributed by atoms with E-state index in [2.05, 4.69) is 19.6 Å². The van der Waals surface area contributed by atoms with Crippen LogP contribution in [0.25, 0.3) is 0 Å². The van der Waals surface area contributed by atoms with Crippen molar-refractivity contribution in [1.82, 2.24) is 0 Å². The number of aliphatic hydroxyl groups is 1. The predicted octanol–water partition coefficient (Wildman–Crippen LogP) is 2.18. The normalized spacial score (nSPS) is 36.2. The highest BCUT2D eigenvalue weighted by molar-refractivity contribution is 6.79. The second kappa shape index (κ2) is 3.71. The largest absolute Gasteiger partial charge is 0.390 e. The zero-order valence-electron chi connectivity index (χ0n) is 9.26. The molecule has 0 amide bonds. The summed E-state index contributed by atoms with van der Waals surface area (Å²) in [6, 6.07) is 0. The number of rotatable bonds is 2. The Hall–Kier alpha value is 0.137. The van der Waals surface area contributed by atoms with Gasteiger partial charge in [0.1, 0.15) is 0 Å². The van der Waals surface area contributed by atoms with Crippen LogP contribution in [0.3, 0.4) is 0 Å². The Labute approximate surface area is 82.3 Å². The van der Waals surface area contributed by atoms with Gasteiger partial charge in [-0.3, -0.25) is 0 Å². The van der Waals surface area contributed by atoms with Crippen LogP contribution < -0.4 is 0 Å². The molecule has 3 heteroatoms. The summed E-state index contributed by atoms with van der Waals surface area (Å²) in [7, 11) is 0.315. The number of hydrogen-bond acceptors (Lipinski definition) is 2. The van der Waals surface area contributed by atoms with Crippen molar-refractivity contribution in [3.8, 4) is 0 Å². The molecule has 0 saturated heterocycles. The fraction of sp³-hybridized carbons (Fsp3) is 1.00. The lowest BCUT2D eigenvalue weighted by atomic mass is 9.94. The molecule has 1 rings (SSSR count). The van der Waals surface area contributed by atoms with Crippen molar-refractivity contribution >= 4 is 8.07 Å². The molecule has 1 N–H and O–H groups in total. The zero-order valence-corrected chi connectivity index (χ0v) is 10.3. The molecule has 1 aliphatic rings. The van der Waals surface area contributed by atoms with Crippen molar-refractivity contribution in [1.29, 1.82) is 0 Å². The lowest BCUT2D eigenvalue weighted by Crippen LogP contribution is -2.62. The Morgan fingerprint density at radius 2 is 1.92 bits per heavy atom. The highest BCUT2D eigenvalue weighted by atomic mass is 28.3. The van der Waals surface area contributed by atoms with Crippen LogP contribution in [0.2, 0.25) is 19.6 Å². The van der Waals surface area contributed by atoms with Crippen LogP contribution in [0.1, 0.15) is 25.7 Å². The van der Waals surface area contributed by atoms with Gasteiger partial charge in [-0.2, -0.15) is 0 Å². The quantitative estimate of drug-likeness (QED) is 0.696. The third kappa shape index (κ3) is 1.83. The van der Waals surface area contributed by atoms with Crippen LogP contribution in [0.4, 0.5) is 0 Å². The Balaban J connectivity index is 2.89. The van der Waals surface area contributed by atoms with E-state index in [4.69, 9.17) is 4.74 Å². The smallest absolute Gasteiger partial charge is 0.0858 e. The lowest BCUT2D eigenvalue weighted by Gasteiger charge is -2.48. The summed E-state index contributed by atoms with van der Waals surface area (Å²) in [5, 5.41) is 9.88. The van der Waals surface area contributed by atoms with E-state index in [0.29, 0.717) is 0 Å². The first kappa shape index (κ1) is 11.2. The first-order chi connectivity index (χ1) is 5.94. The van der Waals surface area contributed by atoms with Crippen molar-refractivity contribution in [3.63, 3.8) is 0 Å². The van der Waals surface area contributed by atoms with Gasteiger partial charge in [0, 0.05) is 7.11 Å². The predicted molar refractivity (Wildman–Crippen MR) is 57.6 cm³/mol. The number of methoxy groups -OCH3 is 1. The Bertz CT molecular complexity index is 176. The molecule has 13 heavy (non-hydrogen) atoms. The summed E-state index contributed by atoms with van der Waals surface area (Å²) < 4.78 is 5.67. The molecule has 0 aliphatic heterocycles. The molecule has 0 aromatic carbocycles. The van der Waals surface area contributed by atoms with Crippen LogP contribution in [-0.2, 0) is 4.74 Å². The van der Waals surface area contributed by atoms with Crippen LogP contribution >= 0.6 is 0 Å².